The number of rotatable bonds is 6. The Morgan fingerprint density at radius 1 is 1.50 bits per heavy atom. The molecule has 5 heteroatoms. The summed E-state index contributed by atoms with van der Waals surface area (Å²) in [6.07, 6.45) is 0. The van der Waals surface area contributed by atoms with Crippen LogP contribution >= 0.6 is 12.2 Å². The average molecular weight is 267 g/mol. The van der Waals surface area contributed by atoms with Crippen LogP contribution in [0.25, 0.3) is 0 Å². The van der Waals surface area contributed by atoms with Gasteiger partial charge in [-0.1, -0.05) is 12.2 Å². The van der Waals surface area contributed by atoms with E-state index in [0.29, 0.717) is 11.6 Å². The van der Waals surface area contributed by atoms with Crippen molar-refractivity contribution in [2.75, 3.05) is 31.7 Å². The zero-order valence-corrected chi connectivity index (χ0v) is 12.3. The van der Waals surface area contributed by atoms with E-state index >= 15 is 0 Å². The number of thiocarbonyl (C=S) groups is 1. The van der Waals surface area contributed by atoms with Crippen molar-refractivity contribution in [2.45, 2.75) is 20.8 Å². The lowest BCUT2D eigenvalue weighted by atomic mass is 10.1. The van der Waals surface area contributed by atoms with E-state index in [1.165, 1.54) is 0 Å². The Bertz CT molecular complexity index is 434. The summed E-state index contributed by atoms with van der Waals surface area (Å²) >= 11 is 5.11. The molecule has 1 rings (SSSR count). The second kappa shape index (κ2) is 6.66. The Kier molecular flexibility index (Phi) is 5.50. The Labute approximate surface area is 114 Å². The monoisotopic (exact) mass is 267 g/mol. The first-order valence-corrected chi connectivity index (χ1v) is 6.45. The number of hydrogen-bond donors (Lipinski definition) is 1. The van der Waals surface area contributed by atoms with Crippen LogP contribution in [0.2, 0.25) is 0 Å². The van der Waals surface area contributed by atoms with E-state index in [-0.39, 0.29) is 0 Å². The highest BCUT2D eigenvalue weighted by Gasteiger charge is 2.14. The minimum atomic E-state index is 0.387. The van der Waals surface area contributed by atoms with Gasteiger partial charge >= 0.3 is 0 Å². The Hall–Kier alpha value is -1.20. The molecule has 0 spiro atoms. The summed E-state index contributed by atoms with van der Waals surface area (Å²) < 4.78 is 5.37. The zero-order valence-electron chi connectivity index (χ0n) is 11.5. The van der Waals surface area contributed by atoms with Gasteiger partial charge in [0.25, 0.3) is 0 Å². The number of aromatic nitrogens is 1. The quantitative estimate of drug-likeness (QED) is 0.629. The van der Waals surface area contributed by atoms with Gasteiger partial charge in [0.15, 0.2) is 0 Å². The summed E-state index contributed by atoms with van der Waals surface area (Å²) in [6.45, 7) is 8.10. The number of nitrogens with zero attached hydrogens (tertiary/aromatic N) is 2. The molecule has 0 saturated carbocycles. The highest BCUT2D eigenvalue weighted by atomic mass is 32.1. The third-order valence-electron chi connectivity index (χ3n) is 2.74. The summed E-state index contributed by atoms with van der Waals surface area (Å²) in [7, 11) is 2.01. The Balaban J connectivity index is 3.02. The van der Waals surface area contributed by atoms with Gasteiger partial charge in [0, 0.05) is 31.6 Å². The van der Waals surface area contributed by atoms with Gasteiger partial charge in [0.1, 0.15) is 4.99 Å². The van der Waals surface area contributed by atoms with E-state index in [4.69, 9.17) is 22.7 Å². The lowest BCUT2D eigenvalue weighted by Crippen LogP contribution is -2.27. The van der Waals surface area contributed by atoms with Gasteiger partial charge < -0.3 is 15.4 Å². The molecule has 1 aromatic rings. The summed E-state index contributed by atoms with van der Waals surface area (Å²) in [4.78, 5) is 6.90. The smallest absolute Gasteiger partial charge is 0.107 e. The fraction of sp³-hybridized carbons (Fsp3) is 0.538. The van der Waals surface area contributed by atoms with Crippen molar-refractivity contribution in [1.82, 2.24) is 4.98 Å². The van der Waals surface area contributed by atoms with Gasteiger partial charge in [-0.3, -0.25) is 4.98 Å². The van der Waals surface area contributed by atoms with Crippen molar-refractivity contribution in [3.8, 4) is 0 Å². The highest BCUT2D eigenvalue weighted by molar-refractivity contribution is 7.80. The molecule has 0 aliphatic rings. The largest absolute Gasteiger partial charge is 0.389 e. The molecule has 0 radical (unpaired) electrons. The number of ether oxygens (including phenoxy) is 1. The van der Waals surface area contributed by atoms with E-state index < -0.39 is 0 Å². The van der Waals surface area contributed by atoms with Gasteiger partial charge in [-0.05, 0) is 26.8 Å². The number of hydrogen-bond acceptors (Lipinski definition) is 4. The minimum absolute atomic E-state index is 0.387. The molecule has 4 nitrogen and oxygen atoms in total. The fourth-order valence-corrected chi connectivity index (χ4v) is 2.13. The number of aryl methyl sites for hydroxylation is 2. The lowest BCUT2D eigenvalue weighted by Gasteiger charge is -2.23. The molecule has 0 atom stereocenters. The Morgan fingerprint density at radius 3 is 2.72 bits per heavy atom. The van der Waals surface area contributed by atoms with Gasteiger partial charge in [0.05, 0.1) is 17.9 Å². The molecule has 0 fully saturated rings. The van der Waals surface area contributed by atoms with Crippen LogP contribution in [-0.4, -0.2) is 36.8 Å². The van der Waals surface area contributed by atoms with Crippen molar-refractivity contribution in [1.29, 1.82) is 0 Å². The van der Waals surface area contributed by atoms with Crippen LogP contribution in [0.4, 0.5) is 5.69 Å². The van der Waals surface area contributed by atoms with E-state index in [9.17, 15) is 0 Å². The molecule has 18 heavy (non-hydrogen) atoms. The molecule has 0 amide bonds. The zero-order chi connectivity index (χ0) is 13.7. The standard InChI is InChI=1S/C13H21N3OS/c1-5-17-7-6-16(4)11-8-9(2)15-10(3)12(11)13(14)18/h8H,5-7H2,1-4H3,(H2,14,18). The van der Waals surface area contributed by atoms with Gasteiger partial charge in [0.2, 0.25) is 0 Å². The fourth-order valence-electron chi connectivity index (χ4n) is 1.88. The maximum atomic E-state index is 5.79. The number of likely N-dealkylation sites (N-methyl/N-ethyl adjacent to an activating group) is 1. The molecule has 1 aromatic heterocycles. The predicted molar refractivity (Wildman–Crippen MR) is 79.4 cm³/mol. The molecule has 1 heterocycles. The van der Waals surface area contributed by atoms with Crippen molar-refractivity contribution < 1.29 is 4.74 Å². The molecule has 0 aliphatic carbocycles. The van der Waals surface area contributed by atoms with Crippen LogP contribution < -0.4 is 10.6 Å². The Morgan fingerprint density at radius 2 is 2.17 bits per heavy atom. The average Bonchev–Trinajstić information content (AvgIpc) is 2.27. The maximum absolute atomic E-state index is 5.79. The number of pyridine rings is 1. The second-order valence-corrected chi connectivity index (χ2v) is 4.67. The topological polar surface area (TPSA) is 51.4 Å². The van der Waals surface area contributed by atoms with Crippen molar-refractivity contribution in [2.24, 2.45) is 5.73 Å². The van der Waals surface area contributed by atoms with Crippen molar-refractivity contribution >= 4 is 22.9 Å². The van der Waals surface area contributed by atoms with Crippen LogP contribution in [0, 0.1) is 13.8 Å². The van der Waals surface area contributed by atoms with Gasteiger partial charge in [-0.15, -0.1) is 0 Å². The second-order valence-electron chi connectivity index (χ2n) is 4.23. The molecule has 0 aliphatic heterocycles. The minimum Gasteiger partial charge on any atom is -0.389 e. The SMILES string of the molecule is CCOCCN(C)c1cc(C)nc(C)c1C(N)=S. The van der Waals surface area contributed by atoms with Crippen LogP contribution in [0.1, 0.15) is 23.9 Å². The number of nitrogens with two attached hydrogens (primary N) is 1. The molecule has 0 aromatic carbocycles. The summed E-state index contributed by atoms with van der Waals surface area (Å²) in [6, 6.07) is 2.01. The highest BCUT2D eigenvalue weighted by Crippen LogP contribution is 2.22. The molecular formula is C13H21N3OS. The normalized spacial score (nSPS) is 10.4. The number of anilines is 1. The molecular weight excluding hydrogens is 246 g/mol. The van der Waals surface area contributed by atoms with E-state index in [1.807, 2.05) is 33.9 Å². The maximum Gasteiger partial charge on any atom is 0.107 e. The van der Waals surface area contributed by atoms with E-state index in [0.717, 1.165) is 35.8 Å². The summed E-state index contributed by atoms with van der Waals surface area (Å²) in [5.74, 6) is 0. The van der Waals surface area contributed by atoms with E-state index in [2.05, 4.69) is 9.88 Å². The summed E-state index contributed by atoms with van der Waals surface area (Å²) in [5, 5.41) is 0. The first-order chi connectivity index (χ1) is 8.47. The molecule has 0 bridgehead atoms. The third-order valence-corrected chi connectivity index (χ3v) is 2.94. The van der Waals surface area contributed by atoms with Crippen LogP contribution in [0.15, 0.2) is 6.07 Å². The van der Waals surface area contributed by atoms with Crippen LogP contribution in [-0.2, 0) is 4.74 Å². The predicted octanol–water partition coefficient (Wildman–Crippen LogP) is 1.81. The third kappa shape index (κ3) is 3.65. The van der Waals surface area contributed by atoms with Crippen LogP contribution in [0.5, 0.6) is 0 Å². The van der Waals surface area contributed by atoms with Gasteiger partial charge in [-0.2, -0.15) is 0 Å². The lowest BCUT2D eigenvalue weighted by molar-refractivity contribution is 0.154. The molecule has 0 unspecified atom stereocenters. The summed E-state index contributed by atoms with van der Waals surface area (Å²) in [5.41, 5.74) is 9.51. The van der Waals surface area contributed by atoms with Crippen molar-refractivity contribution in [3.05, 3.63) is 23.0 Å². The molecule has 2 N–H and O–H groups in total. The van der Waals surface area contributed by atoms with E-state index in [1.54, 1.807) is 0 Å². The van der Waals surface area contributed by atoms with Crippen molar-refractivity contribution in [3.63, 3.8) is 0 Å². The molecule has 0 saturated heterocycles. The molecule has 100 valence electrons. The van der Waals surface area contributed by atoms with Crippen LogP contribution in [0.3, 0.4) is 0 Å². The van der Waals surface area contributed by atoms with Gasteiger partial charge in [-0.25, -0.2) is 0 Å². The first kappa shape index (κ1) is 14.9. The first-order valence-electron chi connectivity index (χ1n) is 6.04.